The molecule has 0 saturated heterocycles. The number of Topliss-reactive ketones (excluding diaryl/α,β-unsaturated/α-hetero) is 1. The Balaban J connectivity index is 1.60. The first-order valence-electron chi connectivity index (χ1n) is 12.2. The van der Waals surface area contributed by atoms with Crippen LogP contribution in [-0.4, -0.2) is 22.4 Å². The molecule has 35 heavy (non-hydrogen) atoms. The minimum atomic E-state index is -0.325. The van der Waals surface area contributed by atoms with Crippen LogP contribution in [0.2, 0.25) is 0 Å². The topological polar surface area (TPSA) is 44.2 Å². The molecule has 0 aliphatic carbocycles. The lowest BCUT2D eigenvalue weighted by molar-refractivity contribution is -0.123. The molecule has 4 aromatic rings. The summed E-state index contributed by atoms with van der Waals surface area (Å²) >= 11 is 0. The number of nitrogens with one attached hydrogen (secondary N) is 1. The Morgan fingerprint density at radius 1 is 0.600 bits per heavy atom. The van der Waals surface area contributed by atoms with Crippen LogP contribution in [0.25, 0.3) is 0 Å². The Bertz CT molecular complexity index is 1150. The van der Waals surface area contributed by atoms with Gasteiger partial charge in [0, 0.05) is 31.6 Å². The van der Waals surface area contributed by atoms with Gasteiger partial charge in [-0.15, -0.1) is 0 Å². The van der Waals surface area contributed by atoms with Gasteiger partial charge < -0.3 is 5.41 Å². The van der Waals surface area contributed by atoms with Crippen molar-refractivity contribution in [3.8, 4) is 0 Å². The molecule has 0 heterocycles. The largest absolute Gasteiger partial charge is 0.309 e. The first kappa shape index (κ1) is 24.3. The highest BCUT2D eigenvalue weighted by atomic mass is 16.1. The highest BCUT2D eigenvalue weighted by Crippen LogP contribution is 2.19. The van der Waals surface area contributed by atoms with Crippen molar-refractivity contribution in [2.75, 3.05) is 0 Å². The van der Waals surface area contributed by atoms with Crippen molar-refractivity contribution in [1.82, 2.24) is 4.90 Å². The van der Waals surface area contributed by atoms with Crippen molar-refractivity contribution >= 4 is 11.5 Å². The van der Waals surface area contributed by atoms with Crippen LogP contribution in [0.5, 0.6) is 0 Å². The average molecular weight is 461 g/mol. The Labute approximate surface area is 208 Å². The Hall–Kier alpha value is -3.82. The van der Waals surface area contributed by atoms with Crippen molar-refractivity contribution in [2.45, 2.75) is 38.4 Å². The van der Waals surface area contributed by atoms with Gasteiger partial charge in [0.05, 0.1) is 6.04 Å². The zero-order chi connectivity index (χ0) is 24.3. The van der Waals surface area contributed by atoms with Crippen molar-refractivity contribution in [3.63, 3.8) is 0 Å². The minimum Gasteiger partial charge on any atom is -0.309 e. The Morgan fingerprint density at radius 3 is 1.46 bits per heavy atom. The lowest BCUT2D eigenvalue weighted by Crippen LogP contribution is -2.42. The third-order valence-electron chi connectivity index (χ3n) is 6.19. The highest BCUT2D eigenvalue weighted by Gasteiger charge is 2.27. The SMILES string of the molecule is N=C(CC(=O)[C@H](Cc1ccccc1)N(Cc1ccccc1)Cc1ccccc1)Cc1ccccc1. The molecular formula is C32H32N2O. The number of hydrogen-bond acceptors (Lipinski definition) is 3. The monoisotopic (exact) mass is 460 g/mol. The summed E-state index contributed by atoms with van der Waals surface area (Å²) in [5.41, 5.74) is 5.00. The zero-order valence-electron chi connectivity index (χ0n) is 20.0. The second-order valence-corrected chi connectivity index (χ2v) is 8.99. The maximum atomic E-state index is 13.8. The number of benzene rings is 4. The lowest BCUT2D eigenvalue weighted by atomic mass is 9.94. The first-order valence-corrected chi connectivity index (χ1v) is 12.2. The lowest BCUT2D eigenvalue weighted by Gasteiger charge is -2.31. The second kappa shape index (κ2) is 12.6. The zero-order valence-corrected chi connectivity index (χ0v) is 20.0. The Morgan fingerprint density at radius 2 is 1.00 bits per heavy atom. The van der Waals surface area contributed by atoms with Gasteiger partial charge in [0.2, 0.25) is 0 Å². The predicted octanol–water partition coefficient (Wildman–Crippen LogP) is 6.52. The van der Waals surface area contributed by atoms with Crippen LogP contribution in [0.1, 0.15) is 28.7 Å². The molecule has 0 saturated carbocycles. The van der Waals surface area contributed by atoms with Gasteiger partial charge in [-0.25, -0.2) is 0 Å². The number of ketones is 1. The van der Waals surface area contributed by atoms with Gasteiger partial charge in [0.1, 0.15) is 0 Å². The molecule has 0 aromatic heterocycles. The minimum absolute atomic E-state index is 0.0987. The summed E-state index contributed by atoms with van der Waals surface area (Å²) in [5.74, 6) is 0.0987. The molecule has 1 N–H and O–H groups in total. The summed E-state index contributed by atoms with van der Waals surface area (Å²) in [6, 6.07) is 40.5. The molecular weight excluding hydrogens is 428 g/mol. The highest BCUT2D eigenvalue weighted by molar-refractivity contribution is 6.03. The molecule has 0 amide bonds. The molecule has 176 valence electrons. The summed E-state index contributed by atoms with van der Waals surface area (Å²) in [5, 5.41) is 8.57. The third kappa shape index (κ3) is 7.59. The van der Waals surface area contributed by atoms with Crippen LogP contribution < -0.4 is 0 Å². The van der Waals surface area contributed by atoms with Gasteiger partial charge in [0.25, 0.3) is 0 Å². The molecule has 0 unspecified atom stereocenters. The molecule has 0 spiro atoms. The molecule has 1 atom stereocenters. The van der Waals surface area contributed by atoms with E-state index in [-0.39, 0.29) is 18.2 Å². The van der Waals surface area contributed by atoms with Crippen LogP contribution in [0, 0.1) is 5.41 Å². The fourth-order valence-corrected chi connectivity index (χ4v) is 4.43. The molecule has 0 aliphatic heterocycles. The van der Waals surface area contributed by atoms with Gasteiger partial charge >= 0.3 is 0 Å². The molecule has 0 fully saturated rings. The van der Waals surface area contributed by atoms with E-state index in [1.807, 2.05) is 84.9 Å². The summed E-state index contributed by atoms with van der Waals surface area (Å²) < 4.78 is 0. The van der Waals surface area contributed by atoms with E-state index in [0.717, 1.165) is 11.1 Å². The number of hydrogen-bond donors (Lipinski definition) is 1. The summed E-state index contributed by atoms with van der Waals surface area (Å²) in [4.78, 5) is 16.1. The van der Waals surface area contributed by atoms with Crippen LogP contribution in [0.4, 0.5) is 0 Å². The van der Waals surface area contributed by atoms with Gasteiger partial charge in [0.15, 0.2) is 5.78 Å². The van der Waals surface area contributed by atoms with E-state index in [0.29, 0.717) is 31.6 Å². The van der Waals surface area contributed by atoms with E-state index < -0.39 is 0 Å². The molecule has 3 heteroatoms. The average Bonchev–Trinajstić information content (AvgIpc) is 2.89. The summed E-state index contributed by atoms with van der Waals surface area (Å²) in [6.07, 6.45) is 1.28. The normalized spacial score (nSPS) is 11.8. The van der Waals surface area contributed by atoms with Crippen LogP contribution >= 0.6 is 0 Å². The van der Waals surface area contributed by atoms with Crippen molar-refractivity contribution in [2.24, 2.45) is 0 Å². The van der Waals surface area contributed by atoms with E-state index in [4.69, 9.17) is 5.41 Å². The predicted molar refractivity (Wildman–Crippen MR) is 144 cm³/mol. The smallest absolute Gasteiger partial charge is 0.155 e. The van der Waals surface area contributed by atoms with Crippen molar-refractivity contribution in [1.29, 1.82) is 5.41 Å². The van der Waals surface area contributed by atoms with E-state index in [9.17, 15) is 4.79 Å². The summed E-state index contributed by atoms with van der Waals surface area (Å²) in [6.45, 7) is 1.34. The fourth-order valence-electron chi connectivity index (χ4n) is 4.43. The quantitative estimate of drug-likeness (QED) is 0.245. The van der Waals surface area contributed by atoms with E-state index >= 15 is 0 Å². The maximum Gasteiger partial charge on any atom is 0.155 e. The first-order chi connectivity index (χ1) is 17.2. The van der Waals surface area contributed by atoms with Gasteiger partial charge in [-0.1, -0.05) is 121 Å². The molecule has 4 aromatic carbocycles. The standard InChI is InChI=1S/C32H32N2O/c33-30(21-26-13-5-1-6-14-26)23-32(35)31(22-27-15-7-2-8-16-27)34(24-28-17-9-3-10-18-28)25-29-19-11-4-12-20-29/h1-20,31,33H,21-25H2/t31-/m0/s1. The third-order valence-corrected chi connectivity index (χ3v) is 6.19. The van der Waals surface area contributed by atoms with E-state index in [2.05, 4.69) is 41.3 Å². The number of rotatable bonds is 12. The van der Waals surface area contributed by atoms with Gasteiger partial charge in [-0.3, -0.25) is 9.69 Å². The van der Waals surface area contributed by atoms with Crippen LogP contribution in [0.15, 0.2) is 121 Å². The molecule has 3 nitrogen and oxygen atoms in total. The number of nitrogens with zero attached hydrogens (tertiary/aromatic N) is 1. The number of carbonyl (C=O) groups is 1. The van der Waals surface area contributed by atoms with Crippen molar-refractivity contribution in [3.05, 3.63) is 144 Å². The van der Waals surface area contributed by atoms with Crippen molar-refractivity contribution < 1.29 is 4.79 Å². The van der Waals surface area contributed by atoms with Crippen LogP contribution in [-0.2, 0) is 30.7 Å². The molecule has 0 radical (unpaired) electrons. The molecule has 4 rings (SSSR count). The Kier molecular flexibility index (Phi) is 8.74. The van der Waals surface area contributed by atoms with Crippen LogP contribution in [0.3, 0.4) is 0 Å². The second-order valence-electron chi connectivity index (χ2n) is 8.99. The van der Waals surface area contributed by atoms with E-state index in [1.54, 1.807) is 0 Å². The van der Waals surface area contributed by atoms with Gasteiger partial charge in [-0.2, -0.15) is 0 Å². The summed E-state index contributed by atoms with van der Waals surface area (Å²) in [7, 11) is 0. The van der Waals surface area contributed by atoms with E-state index in [1.165, 1.54) is 11.1 Å². The maximum absolute atomic E-state index is 13.8. The molecule has 0 aliphatic rings. The fraction of sp³-hybridized carbons (Fsp3) is 0.188. The molecule has 0 bridgehead atoms. The van der Waals surface area contributed by atoms with Gasteiger partial charge in [-0.05, 0) is 28.7 Å². The number of carbonyl (C=O) groups excluding carboxylic acids is 1.